The molecule has 1 amide bonds. The second kappa shape index (κ2) is 7.40. The van der Waals surface area contributed by atoms with Crippen molar-refractivity contribution in [1.82, 2.24) is 4.90 Å². The summed E-state index contributed by atoms with van der Waals surface area (Å²) in [6.07, 6.45) is 1.36. The van der Waals surface area contributed by atoms with E-state index in [9.17, 15) is 9.90 Å². The molecule has 124 valence electrons. The zero-order valence-corrected chi connectivity index (χ0v) is 14.7. The number of benzene rings is 1. The van der Waals surface area contributed by atoms with Crippen LogP contribution in [-0.2, 0) is 11.2 Å². The Hall–Kier alpha value is -1.80. The first-order valence-electron chi connectivity index (χ1n) is 7.84. The molecule has 1 aliphatic heterocycles. The van der Waals surface area contributed by atoms with E-state index < -0.39 is 5.60 Å². The van der Waals surface area contributed by atoms with Crippen LogP contribution in [0.1, 0.15) is 24.0 Å². The van der Waals surface area contributed by atoms with Crippen molar-refractivity contribution in [3.05, 3.63) is 57.2 Å². The fraction of sp³-hybridized carbons (Fsp3) is 0.316. The van der Waals surface area contributed by atoms with Gasteiger partial charge in [0.25, 0.3) is 0 Å². The fourth-order valence-electron chi connectivity index (χ4n) is 2.69. The van der Waals surface area contributed by atoms with Gasteiger partial charge in [-0.2, -0.15) is 11.3 Å². The Labute approximate surface area is 150 Å². The van der Waals surface area contributed by atoms with Crippen LogP contribution in [0.3, 0.4) is 0 Å². The predicted molar refractivity (Wildman–Crippen MR) is 97.1 cm³/mol. The lowest BCUT2D eigenvalue weighted by Crippen LogP contribution is -2.46. The number of carbonyl (C=O) groups is 1. The summed E-state index contributed by atoms with van der Waals surface area (Å²) in [5, 5.41) is 15.2. The van der Waals surface area contributed by atoms with E-state index in [2.05, 4.69) is 11.8 Å². The lowest BCUT2D eigenvalue weighted by Gasteiger charge is -2.35. The fourth-order valence-corrected chi connectivity index (χ4v) is 3.54. The molecule has 1 aromatic heterocycles. The molecule has 0 spiro atoms. The predicted octanol–water partition coefficient (Wildman–Crippen LogP) is 3.35. The average molecular weight is 360 g/mol. The number of piperidine rings is 1. The van der Waals surface area contributed by atoms with Crippen LogP contribution < -0.4 is 0 Å². The Morgan fingerprint density at radius 2 is 2.12 bits per heavy atom. The van der Waals surface area contributed by atoms with E-state index in [1.165, 1.54) is 0 Å². The monoisotopic (exact) mass is 359 g/mol. The highest BCUT2D eigenvalue weighted by Crippen LogP contribution is 2.22. The van der Waals surface area contributed by atoms with E-state index in [-0.39, 0.29) is 5.91 Å². The van der Waals surface area contributed by atoms with Crippen LogP contribution in [0.5, 0.6) is 0 Å². The van der Waals surface area contributed by atoms with Gasteiger partial charge in [-0.25, -0.2) is 0 Å². The maximum absolute atomic E-state index is 12.3. The van der Waals surface area contributed by atoms with Gasteiger partial charge in [0.1, 0.15) is 5.60 Å². The van der Waals surface area contributed by atoms with Crippen molar-refractivity contribution in [3.8, 4) is 11.8 Å². The summed E-state index contributed by atoms with van der Waals surface area (Å²) in [4.78, 5) is 14.1. The molecule has 1 fully saturated rings. The molecule has 2 heterocycles. The van der Waals surface area contributed by atoms with E-state index in [0.717, 1.165) is 11.1 Å². The molecule has 3 rings (SSSR count). The molecule has 1 aromatic carbocycles. The largest absolute Gasteiger partial charge is 0.377 e. The number of likely N-dealkylation sites (tertiary alicyclic amines) is 1. The van der Waals surface area contributed by atoms with Gasteiger partial charge >= 0.3 is 0 Å². The third-order valence-electron chi connectivity index (χ3n) is 4.14. The Balaban J connectivity index is 1.58. The molecule has 0 atom stereocenters. The second-order valence-corrected chi connectivity index (χ2v) is 7.20. The lowest BCUT2D eigenvalue weighted by molar-refractivity contribution is -0.133. The first kappa shape index (κ1) is 17.0. The standard InChI is InChI=1S/C19H18ClNO2S/c20-17-3-1-2-15(12-17)4-6-19(23)7-9-21(10-8-19)18(22)13-16-5-11-24-14-16/h1-3,5,11-12,14,23H,7-10,13H2. The van der Waals surface area contributed by atoms with Crippen molar-refractivity contribution >= 4 is 28.8 Å². The van der Waals surface area contributed by atoms with Gasteiger partial charge in [0.2, 0.25) is 5.91 Å². The molecule has 1 aliphatic rings. The van der Waals surface area contributed by atoms with E-state index in [0.29, 0.717) is 37.4 Å². The maximum Gasteiger partial charge on any atom is 0.227 e. The third kappa shape index (κ3) is 4.39. The molecule has 2 aromatic rings. The van der Waals surface area contributed by atoms with Gasteiger partial charge in [-0.3, -0.25) is 4.79 Å². The number of amides is 1. The highest BCUT2D eigenvalue weighted by molar-refractivity contribution is 7.08. The number of halogens is 1. The Bertz CT molecular complexity index is 768. The lowest BCUT2D eigenvalue weighted by atomic mass is 9.91. The van der Waals surface area contributed by atoms with Gasteiger partial charge < -0.3 is 10.0 Å². The van der Waals surface area contributed by atoms with E-state index in [1.54, 1.807) is 23.5 Å². The minimum atomic E-state index is -1.04. The van der Waals surface area contributed by atoms with Crippen molar-refractivity contribution in [2.24, 2.45) is 0 Å². The molecule has 0 aliphatic carbocycles. The summed E-state index contributed by atoms with van der Waals surface area (Å²) in [5.74, 6) is 6.06. The minimum absolute atomic E-state index is 0.109. The SMILES string of the molecule is O=C(Cc1ccsc1)N1CCC(O)(C#Cc2cccc(Cl)c2)CC1. The molecular weight excluding hydrogens is 342 g/mol. The van der Waals surface area contributed by atoms with Crippen LogP contribution in [0.15, 0.2) is 41.1 Å². The van der Waals surface area contributed by atoms with Crippen LogP contribution in [-0.4, -0.2) is 34.6 Å². The van der Waals surface area contributed by atoms with Gasteiger partial charge in [0.15, 0.2) is 0 Å². The van der Waals surface area contributed by atoms with Gasteiger partial charge in [-0.15, -0.1) is 0 Å². The number of hydrogen-bond acceptors (Lipinski definition) is 3. The molecular formula is C19H18ClNO2S. The van der Waals surface area contributed by atoms with Crippen LogP contribution in [0.2, 0.25) is 5.02 Å². The number of aliphatic hydroxyl groups is 1. The Morgan fingerprint density at radius 3 is 2.79 bits per heavy atom. The average Bonchev–Trinajstić information content (AvgIpc) is 3.07. The number of hydrogen-bond donors (Lipinski definition) is 1. The summed E-state index contributed by atoms with van der Waals surface area (Å²) >= 11 is 7.53. The minimum Gasteiger partial charge on any atom is -0.377 e. The van der Waals surface area contributed by atoms with E-state index >= 15 is 0 Å². The number of thiophene rings is 1. The van der Waals surface area contributed by atoms with Gasteiger partial charge in [-0.05, 0) is 40.6 Å². The molecule has 24 heavy (non-hydrogen) atoms. The quantitative estimate of drug-likeness (QED) is 0.835. The summed E-state index contributed by atoms with van der Waals surface area (Å²) in [5.41, 5.74) is 0.792. The molecule has 3 nitrogen and oxygen atoms in total. The van der Waals surface area contributed by atoms with Crippen LogP contribution in [0.25, 0.3) is 0 Å². The molecule has 5 heteroatoms. The Kier molecular flexibility index (Phi) is 5.25. The molecule has 0 radical (unpaired) electrons. The van der Waals surface area contributed by atoms with Crippen molar-refractivity contribution in [1.29, 1.82) is 0 Å². The van der Waals surface area contributed by atoms with Crippen LogP contribution in [0.4, 0.5) is 0 Å². The first-order chi connectivity index (χ1) is 11.5. The van der Waals surface area contributed by atoms with E-state index in [1.807, 2.05) is 33.9 Å². The summed E-state index contributed by atoms with van der Waals surface area (Å²) < 4.78 is 0. The Morgan fingerprint density at radius 1 is 1.33 bits per heavy atom. The highest BCUT2D eigenvalue weighted by atomic mass is 35.5. The van der Waals surface area contributed by atoms with Crippen LogP contribution in [0, 0.1) is 11.8 Å². The highest BCUT2D eigenvalue weighted by Gasteiger charge is 2.32. The normalized spacial score (nSPS) is 16.3. The summed E-state index contributed by atoms with van der Waals surface area (Å²) in [7, 11) is 0. The number of nitrogens with zero attached hydrogens (tertiary/aromatic N) is 1. The van der Waals surface area contributed by atoms with Crippen LogP contribution >= 0.6 is 22.9 Å². The zero-order valence-electron chi connectivity index (χ0n) is 13.2. The van der Waals surface area contributed by atoms with Gasteiger partial charge in [0.05, 0.1) is 6.42 Å². The van der Waals surface area contributed by atoms with E-state index in [4.69, 9.17) is 11.6 Å². The molecule has 0 bridgehead atoms. The summed E-state index contributed by atoms with van der Waals surface area (Å²) in [6, 6.07) is 9.24. The van der Waals surface area contributed by atoms with Crippen molar-refractivity contribution in [2.45, 2.75) is 24.9 Å². The van der Waals surface area contributed by atoms with Crippen molar-refractivity contribution in [2.75, 3.05) is 13.1 Å². The number of rotatable bonds is 2. The topological polar surface area (TPSA) is 40.5 Å². The van der Waals surface area contributed by atoms with Gasteiger partial charge in [-0.1, -0.05) is 29.5 Å². The number of carbonyl (C=O) groups excluding carboxylic acids is 1. The molecule has 0 saturated carbocycles. The molecule has 1 saturated heterocycles. The maximum atomic E-state index is 12.3. The summed E-state index contributed by atoms with van der Waals surface area (Å²) in [6.45, 7) is 1.06. The van der Waals surface area contributed by atoms with Crippen molar-refractivity contribution in [3.63, 3.8) is 0 Å². The second-order valence-electron chi connectivity index (χ2n) is 5.98. The van der Waals surface area contributed by atoms with Gasteiger partial charge in [0, 0.05) is 36.5 Å². The first-order valence-corrected chi connectivity index (χ1v) is 9.16. The third-order valence-corrected chi connectivity index (χ3v) is 5.11. The van der Waals surface area contributed by atoms with Crippen molar-refractivity contribution < 1.29 is 9.90 Å². The molecule has 1 N–H and O–H groups in total. The molecule has 0 unspecified atom stereocenters. The smallest absolute Gasteiger partial charge is 0.227 e. The zero-order chi connectivity index (χ0) is 17.0.